The van der Waals surface area contributed by atoms with Gasteiger partial charge in [-0.3, -0.25) is 4.68 Å². The Balaban J connectivity index is 2.02. The minimum absolute atomic E-state index is 0.0432. The van der Waals surface area contributed by atoms with Gasteiger partial charge in [0.05, 0.1) is 25.0 Å². The van der Waals surface area contributed by atoms with E-state index in [1.165, 1.54) is 10.9 Å². The van der Waals surface area contributed by atoms with Gasteiger partial charge < -0.3 is 5.11 Å². The van der Waals surface area contributed by atoms with Crippen LogP contribution in [0.15, 0.2) is 12.3 Å². The lowest BCUT2D eigenvalue weighted by atomic mass is 10.4. The first-order valence-electron chi connectivity index (χ1n) is 5.21. The molecule has 0 saturated carbocycles. The molecule has 0 atom stereocenters. The molecule has 0 aromatic carbocycles. The largest absolute Gasteiger partial charge is 0.476 e. The summed E-state index contributed by atoms with van der Waals surface area (Å²) in [5.74, 6) is -1.07. The molecule has 0 spiro atoms. The SMILES string of the molecule is Cc1cc(C)n(CCn2cc(C(=O)O)nn2)n1. The van der Waals surface area contributed by atoms with Gasteiger partial charge in [0.2, 0.25) is 0 Å². The monoisotopic (exact) mass is 235 g/mol. The molecular weight excluding hydrogens is 222 g/mol. The third kappa shape index (κ3) is 2.49. The minimum atomic E-state index is -1.07. The van der Waals surface area contributed by atoms with Crippen molar-refractivity contribution >= 4 is 5.97 Å². The Morgan fingerprint density at radius 2 is 2.18 bits per heavy atom. The first kappa shape index (κ1) is 11.3. The lowest BCUT2D eigenvalue weighted by Crippen LogP contribution is -2.10. The number of carbonyl (C=O) groups is 1. The van der Waals surface area contributed by atoms with Crippen LogP contribution in [0, 0.1) is 13.8 Å². The van der Waals surface area contributed by atoms with Gasteiger partial charge >= 0.3 is 5.97 Å². The van der Waals surface area contributed by atoms with Gasteiger partial charge in [-0.25, -0.2) is 9.48 Å². The maximum Gasteiger partial charge on any atom is 0.358 e. The molecule has 0 aliphatic rings. The highest BCUT2D eigenvalue weighted by atomic mass is 16.4. The second kappa shape index (κ2) is 4.36. The Morgan fingerprint density at radius 3 is 2.71 bits per heavy atom. The number of carboxylic acids is 1. The number of aryl methyl sites for hydroxylation is 4. The predicted octanol–water partition coefficient (Wildman–Crippen LogP) is 0.490. The van der Waals surface area contributed by atoms with Crippen molar-refractivity contribution in [2.45, 2.75) is 26.9 Å². The zero-order chi connectivity index (χ0) is 12.4. The van der Waals surface area contributed by atoms with Crippen LogP contribution < -0.4 is 0 Å². The second-order valence-corrected chi connectivity index (χ2v) is 3.82. The Labute approximate surface area is 97.7 Å². The quantitative estimate of drug-likeness (QED) is 0.833. The van der Waals surface area contributed by atoms with Gasteiger partial charge in [0.15, 0.2) is 5.69 Å². The Kier molecular flexibility index (Phi) is 2.90. The van der Waals surface area contributed by atoms with Crippen LogP contribution in [0.4, 0.5) is 0 Å². The fourth-order valence-corrected chi connectivity index (χ4v) is 1.60. The number of carboxylic acid groups (broad SMARTS) is 1. The van der Waals surface area contributed by atoms with E-state index < -0.39 is 5.97 Å². The molecule has 1 N–H and O–H groups in total. The number of nitrogens with zero attached hydrogens (tertiary/aromatic N) is 5. The lowest BCUT2D eigenvalue weighted by molar-refractivity contribution is 0.0690. The highest BCUT2D eigenvalue weighted by molar-refractivity contribution is 5.84. The number of aromatic nitrogens is 5. The normalized spacial score (nSPS) is 10.7. The Hall–Kier alpha value is -2.18. The molecule has 0 radical (unpaired) electrons. The molecule has 0 aliphatic heterocycles. The highest BCUT2D eigenvalue weighted by Gasteiger charge is 2.08. The van der Waals surface area contributed by atoms with E-state index in [1.54, 1.807) is 0 Å². The van der Waals surface area contributed by atoms with Crippen molar-refractivity contribution in [1.29, 1.82) is 0 Å². The summed E-state index contributed by atoms with van der Waals surface area (Å²) in [4.78, 5) is 10.6. The van der Waals surface area contributed by atoms with Crippen molar-refractivity contribution in [2.24, 2.45) is 0 Å². The van der Waals surface area contributed by atoms with E-state index in [-0.39, 0.29) is 5.69 Å². The topological polar surface area (TPSA) is 85.8 Å². The Bertz CT molecular complexity index is 543. The summed E-state index contributed by atoms with van der Waals surface area (Å²) in [6.45, 7) is 5.09. The van der Waals surface area contributed by atoms with E-state index in [1.807, 2.05) is 24.6 Å². The molecule has 0 aliphatic carbocycles. The maximum absolute atomic E-state index is 10.6. The van der Waals surface area contributed by atoms with Crippen LogP contribution in [-0.4, -0.2) is 35.9 Å². The van der Waals surface area contributed by atoms with Crippen LogP contribution in [-0.2, 0) is 13.1 Å². The number of rotatable bonds is 4. The average molecular weight is 235 g/mol. The molecule has 2 heterocycles. The molecule has 0 saturated heterocycles. The van der Waals surface area contributed by atoms with Gasteiger partial charge in [0, 0.05) is 5.69 Å². The van der Waals surface area contributed by atoms with Crippen molar-refractivity contribution < 1.29 is 9.90 Å². The van der Waals surface area contributed by atoms with Crippen molar-refractivity contribution in [3.8, 4) is 0 Å². The fourth-order valence-electron chi connectivity index (χ4n) is 1.60. The minimum Gasteiger partial charge on any atom is -0.476 e. The lowest BCUT2D eigenvalue weighted by Gasteiger charge is -2.03. The molecule has 0 unspecified atom stereocenters. The van der Waals surface area contributed by atoms with Gasteiger partial charge in [-0.05, 0) is 19.9 Å². The molecule has 0 amide bonds. The fraction of sp³-hybridized carbons (Fsp3) is 0.400. The van der Waals surface area contributed by atoms with Crippen molar-refractivity contribution in [2.75, 3.05) is 0 Å². The standard InChI is InChI=1S/C10H13N5O2/c1-7-5-8(2)15(12-7)4-3-14-6-9(10(16)17)11-13-14/h5-6H,3-4H2,1-2H3,(H,16,17). The summed E-state index contributed by atoms with van der Waals surface area (Å²) in [5.41, 5.74) is 1.99. The third-order valence-corrected chi connectivity index (χ3v) is 2.40. The predicted molar refractivity (Wildman–Crippen MR) is 58.7 cm³/mol. The molecule has 2 rings (SSSR count). The maximum atomic E-state index is 10.6. The van der Waals surface area contributed by atoms with Gasteiger partial charge in [0.1, 0.15) is 0 Å². The zero-order valence-electron chi connectivity index (χ0n) is 9.66. The van der Waals surface area contributed by atoms with Crippen LogP contribution in [0.3, 0.4) is 0 Å². The van der Waals surface area contributed by atoms with Gasteiger partial charge in [0.25, 0.3) is 0 Å². The smallest absolute Gasteiger partial charge is 0.358 e. The van der Waals surface area contributed by atoms with E-state index in [0.717, 1.165) is 11.4 Å². The number of hydrogen-bond acceptors (Lipinski definition) is 4. The number of aromatic carboxylic acids is 1. The van der Waals surface area contributed by atoms with Gasteiger partial charge in [-0.2, -0.15) is 5.10 Å². The first-order chi connectivity index (χ1) is 8.06. The van der Waals surface area contributed by atoms with E-state index in [0.29, 0.717) is 13.1 Å². The molecule has 90 valence electrons. The third-order valence-electron chi connectivity index (χ3n) is 2.40. The molecule has 7 heteroatoms. The van der Waals surface area contributed by atoms with Crippen molar-refractivity contribution in [3.63, 3.8) is 0 Å². The Morgan fingerprint density at radius 1 is 1.41 bits per heavy atom. The zero-order valence-corrected chi connectivity index (χ0v) is 9.66. The summed E-state index contributed by atoms with van der Waals surface area (Å²) < 4.78 is 3.36. The van der Waals surface area contributed by atoms with E-state index in [2.05, 4.69) is 15.4 Å². The van der Waals surface area contributed by atoms with Crippen LogP contribution in [0.25, 0.3) is 0 Å². The molecule has 0 bridgehead atoms. The van der Waals surface area contributed by atoms with Crippen molar-refractivity contribution in [3.05, 3.63) is 29.3 Å². The molecule has 2 aromatic rings. The second-order valence-electron chi connectivity index (χ2n) is 3.82. The van der Waals surface area contributed by atoms with Crippen molar-refractivity contribution in [1.82, 2.24) is 24.8 Å². The summed E-state index contributed by atoms with van der Waals surface area (Å²) >= 11 is 0. The molecule has 0 fully saturated rings. The summed E-state index contributed by atoms with van der Waals surface area (Å²) in [6.07, 6.45) is 1.41. The van der Waals surface area contributed by atoms with E-state index in [9.17, 15) is 4.79 Å². The van der Waals surface area contributed by atoms with Gasteiger partial charge in [-0.1, -0.05) is 5.21 Å². The highest BCUT2D eigenvalue weighted by Crippen LogP contribution is 2.02. The molecule has 17 heavy (non-hydrogen) atoms. The van der Waals surface area contributed by atoms with Crippen LogP contribution >= 0.6 is 0 Å². The summed E-state index contributed by atoms with van der Waals surface area (Å²) in [6, 6.07) is 1.99. The molecular formula is C10H13N5O2. The summed E-state index contributed by atoms with van der Waals surface area (Å²) in [5, 5.41) is 20.3. The van der Waals surface area contributed by atoms with Crippen LogP contribution in [0.1, 0.15) is 21.9 Å². The van der Waals surface area contributed by atoms with E-state index in [4.69, 9.17) is 5.11 Å². The number of hydrogen-bond donors (Lipinski definition) is 1. The molecule has 7 nitrogen and oxygen atoms in total. The first-order valence-corrected chi connectivity index (χ1v) is 5.21. The molecule has 2 aromatic heterocycles. The van der Waals surface area contributed by atoms with Crippen LogP contribution in [0.2, 0.25) is 0 Å². The van der Waals surface area contributed by atoms with Crippen LogP contribution in [0.5, 0.6) is 0 Å². The van der Waals surface area contributed by atoms with Gasteiger partial charge in [-0.15, -0.1) is 5.10 Å². The van der Waals surface area contributed by atoms with E-state index >= 15 is 0 Å². The average Bonchev–Trinajstić information content (AvgIpc) is 2.82. The summed E-state index contributed by atoms with van der Waals surface area (Å²) in [7, 11) is 0.